The maximum absolute atomic E-state index is 13.9. The maximum Gasteiger partial charge on any atom is 0.132 e. The Hall–Kier alpha value is -2.60. The second-order valence-electron chi connectivity index (χ2n) is 4.48. The molecule has 0 aliphatic rings. The SMILES string of the molecule is Cc1c(-c2ccccc2F)[nH]c2ccc(C#N)cc12. The lowest BCUT2D eigenvalue weighted by Crippen LogP contribution is -1.85. The van der Waals surface area contributed by atoms with Gasteiger partial charge in [-0.25, -0.2) is 4.39 Å². The Bertz CT molecular complexity index is 809. The number of nitrogens with one attached hydrogen (secondary N) is 1. The van der Waals surface area contributed by atoms with Gasteiger partial charge in [-0.3, -0.25) is 0 Å². The first-order valence-electron chi connectivity index (χ1n) is 5.98. The molecule has 19 heavy (non-hydrogen) atoms. The second-order valence-corrected chi connectivity index (χ2v) is 4.48. The Labute approximate surface area is 110 Å². The molecule has 0 radical (unpaired) electrons. The monoisotopic (exact) mass is 250 g/mol. The lowest BCUT2D eigenvalue weighted by atomic mass is 10.1. The number of hydrogen-bond donors (Lipinski definition) is 1. The number of hydrogen-bond acceptors (Lipinski definition) is 1. The summed E-state index contributed by atoms with van der Waals surface area (Å²) in [6, 6.07) is 14.2. The van der Waals surface area contributed by atoms with Crippen LogP contribution in [-0.2, 0) is 0 Å². The van der Waals surface area contributed by atoms with Gasteiger partial charge in [-0.05, 0) is 42.8 Å². The molecule has 1 heterocycles. The van der Waals surface area contributed by atoms with Crippen LogP contribution < -0.4 is 0 Å². The summed E-state index contributed by atoms with van der Waals surface area (Å²) < 4.78 is 13.9. The van der Waals surface area contributed by atoms with Gasteiger partial charge in [0.25, 0.3) is 0 Å². The molecule has 0 bridgehead atoms. The number of H-pyrrole nitrogens is 1. The fourth-order valence-corrected chi connectivity index (χ4v) is 2.33. The number of halogens is 1. The summed E-state index contributed by atoms with van der Waals surface area (Å²) in [7, 11) is 0. The van der Waals surface area contributed by atoms with Crippen LogP contribution in [0.3, 0.4) is 0 Å². The Morgan fingerprint density at radius 2 is 1.95 bits per heavy atom. The van der Waals surface area contributed by atoms with Crippen molar-refractivity contribution >= 4 is 10.9 Å². The summed E-state index contributed by atoms with van der Waals surface area (Å²) >= 11 is 0. The number of aryl methyl sites for hydroxylation is 1. The zero-order chi connectivity index (χ0) is 13.4. The first-order chi connectivity index (χ1) is 9.20. The molecular formula is C16H11FN2. The first kappa shape index (κ1) is 11.5. The summed E-state index contributed by atoms with van der Waals surface area (Å²) in [5, 5.41) is 9.89. The van der Waals surface area contributed by atoms with E-state index in [4.69, 9.17) is 5.26 Å². The van der Waals surface area contributed by atoms with Gasteiger partial charge in [-0.2, -0.15) is 5.26 Å². The van der Waals surface area contributed by atoms with Gasteiger partial charge in [-0.1, -0.05) is 12.1 Å². The number of benzene rings is 2. The van der Waals surface area contributed by atoms with Gasteiger partial charge in [0.05, 0.1) is 17.3 Å². The van der Waals surface area contributed by atoms with E-state index < -0.39 is 0 Å². The average molecular weight is 250 g/mol. The topological polar surface area (TPSA) is 39.6 Å². The summed E-state index contributed by atoms with van der Waals surface area (Å²) in [6.45, 7) is 1.93. The Morgan fingerprint density at radius 1 is 1.16 bits per heavy atom. The predicted octanol–water partition coefficient (Wildman–Crippen LogP) is 4.15. The molecule has 0 spiro atoms. The highest BCUT2D eigenvalue weighted by atomic mass is 19.1. The van der Waals surface area contributed by atoms with Gasteiger partial charge in [0, 0.05) is 16.5 Å². The van der Waals surface area contributed by atoms with Crippen molar-refractivity contribution in [1.29, 1.82) is 5.26 Å². The van der Waals surface area contributed by atoms with Crippen molar-refractivity contribution in [2.45, 2.75) is 6.92 Å². The van der Waals surface area contributed by atoms with Crippen molar-refractivity contribution in [3.8, 4) is 17.3 Å². The van der Waals surface area contributed by atoms with Crippen LogP contribution in [0.25, 0.3) is 22.2 Å². The number of aromatic nitrogens is 1. The van der Waals surface area contributed by atoms with E-state index in [1.807, 2.05) is 25.1 Å². The largest absolute Gasteiger partial charge is 0.354 e. The van der Waals surface area contributed by atoms with E-state index in [0.29, 0.717) is 11.1 Å². The molecule has 0 saturated heterocycles. The van der Waals surface area contributed by atoms with E-state index in [2.05, 4.69) is 11.1 Å². The smallest absolute Gasteiger partial charge is 0.132 e. The number of nitrogens with zero attached hydrogens (tertiary/aromatic N) is 1. The number of aromatic amines is 1. The molecule has 3 aromatic rings. The van der Waals surface area contributed by atoms with Crippen LogP contribution in [0, 0.1) is 24.1 Å². The Kier molecular flexibility index (Phi) is 2.57. The fourth-order valence-electron chi connectivity index (χ4n) is 2.33. The molecule has 0 fully saturated rings. The fraction of sp³-hybridized carbons (Fsp3) is 0.0625. The minimum atomic E-state index is -0.252. The molecule has 2 aromatic carbocycles. The first-order valence-corrected chi connectivity index (χ1v) is 5.98. The molecular weight excluding hydrogens is 239 g/mol. The van der Waals surface area contributed by atoms with Crippen LogP contribution >= 0.6 is 0 Å². The van der Waals surface area contributed by atoms with Crippen molar-refractivity contribution in [3.05, 3.63) is 59.4 Å². The van der Waals surface area contributed by atoms with Crippen molar-refractivity contribution in [2.24, 2.45) is 0 Å². The lowest BCUT2D eigenvalue weighted by Gasteiger charge is -2.01. The van der Waals surface area contributed by atoms with Crippen LogP contribution in [0.5, 0.6) is 0 Å². The third-order valence-electron chi connectivity index (χ3n) is 3.33. The van der Waals surface area contributed by atoms with Crippen LogP contribution in [-0.4, -0.2) is 4.98 Å². The van der Waals surface area contributed by atoms with E-state index >= 15 is 0 Å². The minimum absolute atomic E-state index is 0.252. The van der Waals surface area contributed by atoms with Crippen molar-refractivity contribution < 1.29 is 4.39 Å². The molecule has 0 unspecified atom stereocenters. The zero-order valence-corrected chi connectivity index (χ0v) is 10.4. The van der Waals surface area contributed by atoms with Crippen molar-refractivity contribution in [3.63, 3.8) is 0 Å². The normalized spacial score (nSPS) is 10.6. The van der Waals surface area contributed by atoms with Gasteiger partial charge < -0.3 is 4.98 Å². The van der Waals surface area contributed by atoms with Crippen LogP contribution in [0.4, 0.5) is 4.39 Å². The van der Waals surface area contributed by atoms with E-state index in [1.165, 1.54) is 6.07 Å². The van der Waals surface area contributed by atoms with Gasteiger partial charge in [-0.15, -0.1) is 0 Å². The molecule has 3 heteroatoms. The molecule has 1 aromatic heterocycles. The number of rotatable bonds is 1. The molecule has 3 rings (SSSR count). The molecule has 1 N–H and O–H groups in total. The van der Waals surface area contributed by atoms with Crippen LogP contribution in [0.15, 0.2) is 42.5 Å². The van der Waals surface area contributed by atoms with E-state index in [9.17, 15) is 4.39 Å². The standard InChI is InChI=1S/C16H11FN2/c1-10-13-8-11(9-18)6-7-15(13)19-16(10)12-4-2-3-5-14(12)17/h2-8,19H,1H3. The van der Waals surface area contributed by atoms with Crippen molar-refractivity contribution in [2.75, 3.05) is 0 Å². The molecule has 2 nitrogen and oxygen atoms in total. The third-order valence-corrected chi connectivity index (χ3v) is 3.33. The highest BCUT2D eigenvalue weighted by molar-refractivity contribution is 5.91. The highest BCUT2D eigenvalue weighted by Crippen LogP contribution is 2.31. The van der Waals surface area contributed by atoms with Gasteiger partial charge >= 0.3 is 0 Å². The number of nitriles is 1. The molecule has 0 aliphatic heterocycles. The third kappa shape index (κ3) is 1.78. The molecule has 0 saturated carbocycles. The number of fused-ring (bicyclic) bond motifs is 1. The van der Waals surface area contributed by atoms with Gasteiger partial charge in [0.15, 0.2) is 0 Å². The summed E-state index contributed by atoms with van der Waals surface area (Å²) in [5.41, 5.74) is 3.79. The lowest BCUT2D eigenvalue weighted by molar-refractivity contribution is 0.631. The second kappa shape index (κ2) is 4.25. The summed E-state index contributed by atoms with van der Waals surface area (Å²) in [6.07, 6.45) is 0. The predicted molar refractivity (Wildman–Crippen MR) is 73.1 cm³/mol. The zero-order valence-electron chi connectivity index (χ0n) is 10.4. The average Bonchev–Trinajstić information content (AvgIpc) is 2.76. The molecule has 92 valence electrons. The highest BCUT2D eigenvalue weighted by Gasteiger charge is 2.12. The van der Waals surface area contributed by atoms with E-state index in [1.54, 1.807) is 18.2 Å². The van der Waals surface area contributed by atoms with Crippen LogP contribution in [0.1, 0.15) is 11.1 Å². The minimum Gasteiger partial charge on any atom is -0.354 e. The molecule has 0 atom stereocenters. The summed E-state index contributed by atoms with van der Waals surface area (Å²) in [4.78, 5) is 3.22. The van der Waals surface area contributed by atoms with Gasteiger partial charge in [0.1, 0.15) is 5.82 Å². The quantitative estimate of drug-likeness (QED) is 0.692. The molecule has 0 aliphatic carbocycles. The van der Waals surface area contributed by atoms with Crippen molar-refractivity contribution in [1.82, 2.24) is 4.98 Å². The van der Waals surface area contributed by atoms with Crippen LogP contribution in [0.2, 0.25) is 0 Å². The summed E-state index contributed by atoms with van der Waals surface area (Å²) in [5.74, 6) is -0.252. The van der Waals surface area contributed by atoms with Gasteiger partial charge in [0.2, 0.25) is 0 Å². The maximum atomic E-state index is 13.9. The van der Waals surface area contributed by atoms with E-state index in [-0.39, 0.29) is 5.82 Å². The Balaban J connectivity index is 2.30. The molecule has 0 amide bonds. The van der Waals surface area contributed by atoms with E-state index in [0.717, 1.165) is 22.2 Å². The Morgan fingerprint density at radius 3 is 2.68 bits per heavy atom.